The molecule has 1 aliphatic heterocycles. The van der Waals surface area contributed by atoms with Crippen molar-refractivity contribution < 1.29 is 4.79 Å². The highest BCUT2D eigenvalue weighted by atomic mass is 16.2. The summed E-state index contributed by atoms with van der Waals surface area (Å²) in [5, 5.41) is 2.94. The third-order valence-corrected chi connectivity index (χ3v) is 3.04. The van der Waals surface area contributed by atoms with Gasteiger partial charge in [-0.25, -0.2) is 0 Å². The highest BCUT2D eigenvalue weighted by Gasteiger charge is 2.64. The second-order valence-corrected chi connectivity index (χ2v) is 5.50. The van der Waals surface area contributed by atoms with Crippen LogP contribution in [0.25, 0.3) is 0 Å². The summed E-state index contributed by atoms with van der Waals surface area (Å²) in [6.45, 7) is 7.56. The first-order valence-electron chi connectivity index (χ1n) is 4.72. The van der Waals surface area contributed by atoms with Crippen LogP contribution in [-0.2, 0) is 4.79 Å². The Bertz CT molecular complexity index is 228. The molecule has 1 heterocycles. The molecular formula is C10H17NO. The van der Waals surface area contributed by atoms with E-state index in [4.69, 9.17) is 0 Å². The maximum atomic E-state index is 11.5. The van der Waals surface area contributed by atoms with Gasteiger partial charge < -0.3 is 5.32 Å². The summed E-state index contributed by atoms with van der Waals surface area (Å²) in [5.41, 5.74) is 0.342. The zero-order valence-electron chi connectivity index (χ0n) is 8.11. The third kappa shape index (κ3) is 1.05. The van der Waals surface area contributed by atoms with E-state index in [1.165, 1.54) is 0 Å². The highest BCUT2D eigenvalue weighted by molar-refractivity contribution is 5.88. The van der Waals surface area contributed by atoms with Gasteiger partial charge in [0, 0.05) is 6.54 Å². The Morgan fingerprint density at radius 3 is 2.58 bits per heavy atom. The molecule has 2 heteroatoms. The molecule has 0 bridgehead atoms. The number of fused-ring (bicyclic) bond motifs is 1. The van der Waals surface area contributed by atoms with Crippen molar-refractivity contribution in [1.82, 2.24) is 5.32 Å². The van der Waals surface area contributed by atoms with Crippen molar-refractivity contribution in [2.45, 2.75) is 33.6 Å². The van der Waals surface area contributed by atoms with Crippen LogP contribution >= 0.6 is 0 Å². The number of carbonyl (C=O) groups excluding carboxylic acids is 1. The maximum Gasteiger partial charge on any atom is 0.226 e. The zero-order valence-corrected chi connectivity index (χ0v) is 8.11. The van der Waals surface area contributed by atoms with Crippen LogP contribution in [0.15, 0.2) is 0 Å². The van der Waals surface area contributed by atoms with E-state index in [9.17, 15) is 4.79 Å². The smallest absolute Gasteiger partial charge is 0.226 e. The second-order valence-electron chi connectivity index (χ2n) is 5.50. The van der Waals surface area contributed by atoms with Crippen molar-refractivity contribution in [2.24, 2.45) is 16.7 Å². The summed E-state index contributed by atoms with van der Waals surface area (Å²) in [6.07, 6.45) is 2.19. The molecule has 2 unspecified atom stereocenters. The zero-order chi connectivity index (χ0) is 8.98. The predicted molar refractivity (Wildman–Crippen MR) is 47.6 cm³/mol. The van der Waals surface area contributed by atoms with Crippen LogP contribution in [0.3, 0.4) is 0 Å². The Morgan fingerprint density at radius 2 is 2.25 bits per heavy atom. The first-order chi connectivity index (χ1) is 5.44. The molecule has 0 radical (unpaired) electrons. The van der Waals surface area contributed by atoms with Crippen LogP contribution in [0.4, 0.5) is 0 Å². The van der Waals surface area contributed by atoms with Crippen molar-refractivity contribution in [3.8, 4) is 0 Å². The molecule has 2 rings (SSSR count). The lowest BCUT2D eigenvalue weighted by molar-refractivity contribution is -0.125. The Hall–Kier alpha value is -0.530. The molecule has 1 N–H and O–H groups in total. The first kappa shape index (κ1) is 8.09. The Balaban J connectivity index is 2.10. The van der Waals surface area contributed by atoms with E-state index < -0.39 is 0 Å². The van der Waals surface area contributed by atoms with Crippen molar-refractivity contribution >= 4 is 5.91 Å². The minimum atomic E-state index is 0.0538. The molecule has 0 aromatic rings. The number of piperidine rings is 1. The molecule has 1 saturated carbocycles. The van der Waals surface area contributed by atoms with Gasteiger partial charge >= 0.3 is 0 Å². The minimum absolute atomic E-state index is 0.0538. The Kier molecular flexibility index (Phi) is 1.37. The van der Waals surface area contributed by atoms with Gasteiger partial charge in [-0.05, 0) is 24.2 Å². The largest absolute Gasteiger partial charge is 0.355 e. The van der Waals surface area contributed by atoms with E-state index in [2.05, 4.69) is 26.1 Å². The molecule has 2 nitrogen and oxygen atoms in total. The van der Waals surface area contributed by atoms with E-state index in [0.717, 1.165) is 19.4 Å². The molecule has 68 valence electrons. The van der Waals surface area contributed by atoms with Gasteiger partial charge in [0.05, 0.1) is 5.41 Å². The highest BCUT2D eigenvalue weighted by Crippen LogP contribution is 2.60. The van der Waals surface area contributed by atoms with E-state index in [-0.39, 0.29) is 10.8 Å². The predicted octanol–water partition coefficient (Wildman–Crippen LogP) is 1.56. The molecule has 0 aromatic heterocycles. The number of hydrogen-bond donors (Lipinski definition) is 1. The van der Waals surface area contributed by atoms with Crippen LogP contribution in [0, 0.1) is 16.7 Å². The fraction of sp³-hybridized carbons (Fsp3) is 0.900. The van der Waals surface area contributed by atoms with Gasteiger partial charge in [0.25, 0.3) is 0 Å². The summed E-state index contributed by atoms with van der Waals surface area (Å²) in [5.74, 6) is 0.964. The molecule has 12 heavy (non-hydrogen) atoms. The van der Waals surface area contributed by atoms with Gasteiger partial charge in [0.15, 0.2) is 0 Å². The van der Waals surface area contributed by atoms with E-state index in [0.29, 0.717) is 11.8 Å². The molecular weight excluding hydrogens is 150 g/mol. The summed E-state index contributed by atoms with van der Waals surface area (Å²) >= 11 is 0. The van der Waals surface area contributed by atoms with Gasteiger partial charge in [-0.1, -0.05) is 20.8 Å². The van der Waals surface area contributed by atoms with Gasteiger partial charge in [-0.2, -0.15) is 0 Å². The summed E-state index contributed by atoms with van der Waals surface area (Å²) in [6, 6.07) is 0. The fourth-order valence-electron chi connectivity index (χ4n) is 2.56. The van der Waals surface area contributed by atoms with Crippen LogP contribution in [-0.4, -0.2) is 12.5 Å². The molecule has 2 aliphatic rings. The fourth-order valence-corrected chi connectivity index (χ4v) is 2.56. The molecule has 0 aromatic carbocycles. The number of hydrogen-bond acceptors (Lipinski definition) is 1. The standard InChI is InChI=1S/C10H17NO/c1-9(2,3)6-10-4-7(10)5-11-8(10)12/h7H,4-6H2,1-3H3,(H,11,12). The van der Waals surface area contributed by atoms with E-state index in [1.807, 2.05) is 0 Å². The third-order valence-electron chi connectivity index (χ3n) is 3.04. The molecule has 0 spiro atoms. The molecule has 1 amide bonds. The summed E-state index contributed by atoms with van der Waals surface area (Å²) in [7, 11) is 0. The lowest BCUT2D eigenvalue weighted by atomic mass is 9.82. The minimum Gasteiger partial charge on any atom is -0.355 e. The van der Waals surface area contributed by atoms with Crippen LogP contribution in [0.1, 0.15) is 33.6 Å². The van der Waals surface area contributed by atoms with Crippen molar-refractivity contribution in [2.75, 3.05) is 6.54 Å². The van der Waals surface area contributed by atoms with E-state index in [1.54, 1.807) is 0 Å². The molecule has 2 fully saturated rings. The summed E-state index contributed by atoms with van der Waals surface area (Å²) in [4.78, 5) is 11.5. The number of nitrogens with one attached hydrogen (secondary N) is 1. The topological polar surface area (TPSA) is 29.1 Å². The SMILES string of the molecule is CC(C)(C)CC12CC1CNC2=O. The van der Waals surface area contributed by atoms with Gasteiger partial charge in [0.1, 0.15) is 0 Å². The Labute approximate surface area is 73.7 Å². The summed E-state index contributed by atoms with van der Waals surface area (Å²) < 4.78 is 0. The van der Waals surface area contributed by atoms with Gasteiger partial charge in [-0.3, -0.25) is 4.79 Å². The van der Waals surface area contributed by atoms with Crippen LogP contribution in [0.2, 0.25) is 0 Å². The van der Waals surface area contributed by atoms with Crippen molar-refractivity contribution in [1.29, 1.82) is 0 Å². The lowest BCUT2D eigenvalue weighted by Gasteiger charge is -2.22. The quantitative estimate of drug-likeness (QED) is 0.631. The Morgan fingerprint density at radius 1 is 1.58 bits per heavy atom. The van der Waals surface area contributed by atoms with Crippen molar-refractivity contribution in [3.63, 3.8) is 0 Å². The monoisotopic (exact) mass is 167 g/mol. The van der Waals surface area contributed by atoms with E-state index >= 15 is 0 Å². The van der Waals surface area contributed by atoms with Crippen LogP contribution < -0.4 is 5.32 Å². The van der Waals surface area contributed by atoms with Crippen LogP contribution in [0.5, 0.6) is 0 Å². The number of rotatable bonds is 1. The van der Waals surface area contributed by atoms with Gasteiger partial charge in [0.2, 0.25) is 5.91 Å². The first-order valence-corrected chi connectivity index (χ1v) is 4.72. The molecule has 1 aliphatic carbocycles. The lowest BCUT2D eigenvalue weighted by Crippen LogP contribution is -2.28. The molecule has 1 saturated heterocycles. The van der Waals surface area contributed by atoms with Crippen molar-refractivity contribution in [3.05, 3.63) is 0 Å². The average Bonchev–Trinajstić information content (AvgIpc) is 2.48. The van der Waals surface area contributed by atoms with Gasteiger partial charge in [-0.15, -0.1) is 0 Å². The maximum absolute atomic E-state index is 11.5. The normalized spacial score (nSPS) is 39.2. The second kappa shape index (κ2) is 2.04. The molecule has 2 atom stereocenters. The average molecular weight is 167 g/mol. The number of amides is 1. The number of carbonyl (C=O) groups is 1.